The van der Waals surface area contributed by atoms with Crippen LogP contribution < -0.4 is 10.1 Å². The van der Waals surface area contributed by atoms with Crippen LogP contribution in [0.3, 0.4) is 0 Å². The van der Waals surface area contributed by atoms with Gasteiger partial charge in [-0.1, -0.05) is 72.8 Å². The van der Waals surface area contributed by atoms with Crippen LogP contribution in [0.25, 0.3) is 0 Å². The van der Waals surface area contributed by atoms with Crippen molar-refractivity contribution in [3.05, 3.63) is 102 Å². The van der Waals surface area contributed by atoms with Gasteiger partial charge in [0.15, 0.2) is 0 Å². The smallest absolute Gasteiger partial charge is 0.247 e. The van der Waals surface area contributed by atoms with Crippen molar-refractivity contribution in [2.45, 2.75) is 26.1 Å². The van der Waals surface area contributed by atoms with Crippen LogP contribution >= 0.6 is 0 Å². The van der Waals surface area contributed by atoms with E-state index >= 15 is 0 Å². The van der Waals surface area contributed by atoms with Crippen LogP contribution in [0, 0.1) is 0 Å². The lowest BCUT2D eigenvalue weighted by atomic mass is 10.0. The number of hydrogen-bond donors (Lipinski definition) is 1. The molecular weight excluding hydrogens is 490 g/mol. The quantitative estimate of drug-likeness (QED) is 0.393. The number of carbonyl (C=O) groups excluding carboxylic acids is 2. The zero-order valence-electron chi connectivity index (χ0n) is 21.3. The fourth-order valence-corrected chi connectivity index (χ4v) is 4.68. The molecule has 0 bridgehead atoms. The predicted molar refractivity (Wildman–Crippen MR) is 143 cm³/mol. The van der Waals surface area contributed by atoms with E-state index in [1.165, 1.54) is 4.90 Å². The zero-order valence-corrected chi connectivity index (χ0v) is 22.1. The molecule has 0 radical (unpaired) electrons. The van der Waals surface area contributed by atoms with Gasteiger partial charge >= 0.3 is 0 Å². The van der Waals surface area contributed by atoms with Crippen LogP contribution in [0.4, 0.5) is 0 Å². The van der Waals surface area contributed by atoms with Crippen molar-refractivity contribution in [2.75, 3.05) is 26.5 Å². The van der Waals surface area contributed by atoms with E-state index in [1.54, 1.807) is 62.6 Å². The Morgan fingerprint density at radius 2 is 1.43 bits per heavy atom. The lowest BCUT2D eigenvalue weighted by Crippen LogP contribution is -2.47. The Morgan fingerprint density at radius 1 is 0.865 bits per heavy atom. The monoisotopic (exact) mass is 523 g/mol. The van der Waals surface area contributed by atoms with Crippen LogP contribution in [-0.4, -0.2) is 55.9 Å². The molecule has 0 spiro atoms. The van der Waals surface area contributed by atoms with Crippen molar-refractivity contribution in [3.8, 4) is 5.75 Å². The summed E-state index contributed by atoms with van der Waals surface area (Å²) in [6.07, 6.45) is 1.08. The van der Waals surface area contributed by atoms with E-state index in [9.17, 15) is 18.0 Å². The van der Waals surface area contributed by atoms with Crippen LogP contribution in [-0.2, 0) is 32.7 Å². The minimum absolute atomic E-state index is 0.0406. The first-order valence-electron chi connectivity index (χ1n) is 12.0. The average Bonchev–Trinajstić information content (AvgIpc) is 2.89. The largest absolute Gasteiger partial charge is 0.497 e. The molecule has 1 N–H and O–H groups in total. The Kier molecular flexibility index (Phi) is 9.82. The number of rotatable bonds is 12. The third kappa shape index (κ3) is 7.90. The number of methoxy groups -OCH3 is 1. The van der Waals surface area contributed by atoms with E-state index in [2.05, 4.69) is 5.32 Å². The molecule has 0 saturated heterocycles. The summed E-state index contributed by atoms with van der Waals surface area (Å²) in [4.78, 5) is 28.6. The van der Waals surface area contributed by atoms with Gasteiger partial charge in [-0.3, -0.25) is 9.59 Å². The molecule has 0 aromatic heterocycles. The first-order chi connectivity index (χ1) is 17.7. The van der Waals surface area contributed by atoms with E-state index in [1.807, 2.05) is 36.4 Å². The fraction of sp³-hybridized carbons (Fsp3) is 0.286. The van der Waals surface area contributed by atoms with Gasteiger partial charge in [0, 0.05) is 19.6 Å². The minimum Gasteiger partial charge on any atom is -0.497 e. The summed E-state index contributed by atoms with van der Waals surface area (Å²) < 4.78 is 31.7. The van der Waals surface area contributed by atoms with E-state index in [4.69, 9.17) is 4.74 Å². The standard InChI is InChI=1S/C28H33N3O5S/c1-4-29-28(33)27(24-13-9-6-10-14-24)31(20-23-15-17-25(36-2)18-16-23)26(32)21-30(37(3,34)35)19-22-11-7-5-8-12-22/h5-18,27H,4,19-21H2,1-3H3,(H,29,33)/t27-/m1/s1. The molecule has 3 aromatic carbocycles. The van der Waals surface area contributed by atoms with Gasteiger partial charge in [-0.15, -0.1) is 0 Å². The molecule has 1 atom stereocenters. The highest BCUT2D eigenvalue weighted by Gasteiger charge is 2.33. The van der Waals surface area contributed by atoms with Gasteiger partial charge in [0.1, 0.15) is 11.8 Å². The topological polar surface area (TPSA) is 96.0 Å². The summed E-state index contributed by atoms with van der Waals surface area (Å²) in [5.74, 6) is -0.169. The van der Waals surface area contributed by atoms with Crippen LogP contribution in [0.2, 0.25) is 0 Å². The molecule has 0 heterocycles. The Hall–Kier alpha value is -3.69. The molecule has 0 aliphatic heterocycles. The molecule has 37 heavy (non-hydrogen) atoms. The summed E-state index contributed by atoms with van der Waals surface area (Å²) in [5, 5.41) is 2.82. The molecular formula is C28H33N3O5S. The summed E-state index contributed by atoms with van der Waals surface area (Å²) >= 11 is 0. The Labute approximate surface area is 218 Å². The van der Waals surface area contributed by atoms with Gasteiger partial charge in [0.05, 0.1) is 19.9 Å². The maximum atomic E-state index is 13.9. The van der Waals surface area contributed by atoms with Gasteiger partial charge in [-0.2, -0.15) is 4.31 Å². The molecule has 8 nitrogen and oxygen atoms in total. The number of nitrogens with one attached hydrogen (secondary N) is 1. The molecule has 0 saturated carbocycles. The van der Waals surface area contributed by atoms with Crippen LogP contribution in [0.5, 0.6) is 5.75 Å². The second-order valence-electron chi connectivity index (χ2n) is 8.59. The molecule has 3 aromatic rings. The van der Waals surface area contributed by atoms with Crippen LogP contribution in [0.15, 0.2) is 84.9 Å². The van der Waals surface area contributed by atoms with Gasteiger partial charge in [0.25, 0.3) is 0 Å². The lowest BCUT2D eigenvalue weighted by molar-refractivity contribution is -0.141. The number of amides is 2. The lowest BCUT2D eigenvalue weighted by Gasteiger charge is -2.33. The zero-order chi connectivity index (χ0) is 26.8. The number of benzene rings is 3. The minimum atomic E-state index is -3.73. The Morgan fingerprint density at radius 3 is 1.97 bits per heavy atom. The second-order valence-corrected chi connectivity index (χ2v) is 10.6. The SMILES string of the molecule is CCNC(=O)[C@@H](c1ccccc1)N(Cc1ccc(OC)cc1)C(=O)CN(Cc1ccccc1)S(C)(=O)=O. The van der Waals surface area contributed by atoms with Crippen molar-refractivity contribution in [1.29, 1.82) is 0 Å². The molecule has 196 valence electrons. The molecule has 2 amide bonds. The fourth-order valence-electron chi connectivity index (χ4n) is 3.95. The molecule has 3 rings (SSSR count). The predicted octanol–water partition coefficient (Wildman–Crippen LogP) is 3.36. The number of hydrogen-bond acceptors (Lipinski definition) is 5. The second kappa shape index (κ2) is 13.0. The van der Waals surface area contributed by atoms with E-state index in [0.29, 0.717) is 17.9 Å². The normalized spacial score (nSPS) is 12.1. The molecule has 0 aliphatic rings. The molecule has 0 unspecified atom stereocenters. The first-order valence-corrected chi connectivity index (χ1v) is 13.8. The van der Waals surface area contributed by atoms with Gasteiger partial charge < -0.3 is 15.0 Å². The number of likely N-dealkylation sites (N-methyl/N-ethyl adjacent to an activating group) is 1. The number of nitrogens with zero attached hydrogens (tertiary/aromatic N) is 2. The maximum Gasteiger partial charge on any atom is 0.247 e. The summed E-state index contributed by atoms with van der Waals surface area (Å²) in [6, 6.07) is 24.3. The number of ether oxygens (including phenoxy) is 1. The Bertz CT molecular complexity index is 1270. The van der Waals surface area contributed by atoms with E-state index in [-0.39, 0.29) is 19.0 Å². The van der Waals surface area contributed by atoms with Crippen molar-refractivity contribution < 1.29 is 22.7 Å². The van der Waals surface area contributed by atoms with Gasteiger partial charge in [-0.05, 0) is 35.7 Å². The highest BCUT2D eigenvalue weighted by molar-refractivity contribution is 7.88. The van der Waals surface area contributed by atoms with Gasteiger partial charge in [0.2, 0.25) is 21.8 Å². The third-order valence-electron chi connectivity index (χ3n) is 5.84. The maximum absolute atomic E-state index is 13.9. The highest BCUT2D eigenvalue weighted by Crippen LogP contribution is 2.25. The highest BCUT2D eigenvalue weighted by atomic mass is 32.2. The molecule has 0 aliphatic carbocycles. The average molecular weight is 524 g/mol. The van der Waals surface area contributed by atoms with Crippen LogP contribution in [0.1, 0.15) is 29.7 Å². The molecule has 0 fully saturated rings. The first kappa shape index (κ1) is 27.9. The number of sulfonamides is 1. The van der Waals surface area contributed by atoms with E-state index < -0.39 is 28.5 Å². The van der Waals surface area contributed by atoms with Gasteiger partial charge in [-0.25, -0.2) is 8.42 Å². The summed E-state index contributed by atoms with van der Waals surface area (Å²) in [6.45, 7) is 1.92. The summed E-state index contributed by atoms with van der Waals surface area (Å²) in [7, 11) is -2.16. The third-order valence-corrected chi connectivity index (χ3v) is 7.04. The summed E-state index contributed by atoms with van der Waals surface area (Å²) in [5.41, 5.74) is 2.16. The Balaban J connectivity index is 2.00. The van der Waals surface area contributed by atoms with E-state index in [0.717, 1.165) is 21.7 Å². The van der Waals surface area contributed by atoms with Crippen molar-refractivity contribution in [2.24, 2.45) is 0 Å². The van der Waals surface area contributed by atoms with Crippen molar-refractivity contribution >= 4 is 21.8 Å². The molecule has 9 heteroatoms. The number of carbonyl (C=O) groups is 2. The van der Waals surface area contributed by atoms with Crippen molar-refractivity contribution in [3.63, 3.8) is 0 Å². The van der Waals surface area contributed by atoms with Crippen molar-refractivity contribution in [1.82, 2.24) is 14.5 Å².